The first-order valence-electron chi connectivity index (χ1n) is 10.4. The average molecular weight is 439 g/mol. The zero-order valence-corrected chi connectivity index (χ0v) is 18.4. The summed E-state index contributed by atoms with van der Waals surface area (Å²) in [5.41, 5.74) is 2.28. The minimum Gasteiger partial charge on any atom is -0.490 e. The predicted molar refractivity (Wildman–Crippen MR) is 121 cm³/mol. The number of fused-ring (bicyclic) bond motifs is 1. The van der Waals surface area contributed by atoms with E-state index in [-0.39, 0.29) is 11.4 Å². The van der Waals surface area contributed by atoms with E-state index in [0.717, 1.165) is 11.1 Å². The van der Waals surface area contributed by atoms with Crippen molar-refractivity contribution in [1.29, 1.82) is 0 Å². The fourth-order valence-electron chi connectivity index (χ4n) is 3.72. The number of para-hydroxylation sites is 1. The average Bonchev–Trinajstić information content (AvgIpc) is 2.78. The van der Waals surface area contributed by atoms with Crippen LogP contribution in [0.5, 0.6) is 11.5 Å². The summed E-state index contributed by atoms with van der Waals surface area (Å²) in [6.07, 6.45) is -0.588. The third-order valence-corrected chi connectivity index (χ3v) is 6.99. The van der Waals surface area contributed by atoms with Crippen molar-refractivity contribution < 1.29 is 17.9 Å². The molecule has 0 saturated carbocycles. The molecule has 1 aliphatic heterocycles. The van der Waals surface area contributed by atoms with Gasteiger partial charge in [0.1, 0.15) is 11.1 Å². The number of sulfonamides is 1. The summed E-state index contributed by atoms with van der Waals surface area (Å²) in [4.78, 5) is 0.276. The van der Waals surface area contributed by atoms with Crippen molar-refractivity contribution in [2.45, 2.75) is 31.5 Å². The van der Waals surface area contributed by atoms with E-state index in [1.165, 1.54) is 4.31 Å². The van der Waals surface area contributed by atoms with E-state index < -0.39 is 16.2 Å². The highest BCUT2D eigenvalue weighted by atomic mass is 32.2. The highest BCUT2D eigenvalue weighted by Crippen LogP contribution is 2.41. The highest BCUT2D eigenvalue weighted by molar-refractivity contribution is 7.89. The molecule has 1 unspecified atom stereocenters. The third-order valence-electron chi connectivity index (χ3n) is 5.12. The van der Waals surface area contributed by atoms with Gasteiger partial charge in [-0.25, -0.2) is 8.42 Å². The molecule has 31 heavy (non-hydrogen) atoms. The fourth-order valence-corrected chi connectivity index (χ4v) is 5.40. The summed E-state index contributed by atoms with van der Waals surface area (Å²) < 4.78 is 40.2. The van der Waals surface area contributed by atoms with Crippen LogP contribution in [-0.4, -0.2) is 25.9 Å². The SMILES string of the molecule is CCOc1ccc(C2Nc3ccccc3S(=O)(=O)N2Cc2ccccc2)cc1OCC. The van der Waals surface area contributed by atoms with Crippen molar-refractivity contribution in [2.75, 3.05) is 18.5 Å². The van der Waals surface area contributed by atoms with Gasteiger partial charge < -0.3 is 14.8 Å². The molecule has 1 heterocycles. The van der Waals surface area contributed by atoms with Crippen LogP contribution in [0.2, 0.25) is 0 Å². The van der Waals surface area contributed by atoms with E-state index in [1.54, 1.807) is 18.2 Å². The lowest BCUT2D eigenvalue weighted by Crippen LogP contribution is -2.42. The van der Waals surface area contributed by atoms with Crippen molar-refractivity contribution in [3.05, 3.63) is 83.9 Å². The molecule has 0 spiro atoms. The highest BCUT2D eigenvalue weighted by Gasteiger charge is 2.39. The molecule has 162 valence electrons. The Morgan fingerprint density at radius 3 is 2.29 bits per heavy atom. The standard InChI is InChI=1S/C24H26N2O4S/c1-3-29-21-15-14-19(16-22(21)30-4-2)24-25-20-12-8-9-13-23(20)31(27,28)26(24)17-18-10-6-5-7-11-18/h5-16,24-25H,3-4,17H2,1-2H3. The zero-order chi connectivity index (χ0) is 21.8. The maximum absolute atomic E-state index is 13.6. The molecule has 1 atom stereocenters. The lowest BCUT2D eigenvalue weighted by Gasteiger charge is -2.37. The van der Waals surface area contributed by atoms with E-state index >= 15 is 0 Å². The summed E-state index contributed by atoms with van der Waals surface area (Å²) in [6, 6.07) is 22.2. The zero-order valence-electron chi connectivity index (χ0n) is 17.6. The van der Waals surface area contributed by atoms with Gasteiger partial charge in [-0.1, -0.05) is 48.5 Å². The van der Waals surface area contributed by atoms with Gasteiger partial charge in [0, 0.05) is 6.54 Å². The number of nitrogens with one attached hydrogen (secondary N) is 1. The number of hydrogen-bond donors (Lipinski definition) is 1. The summed E-state index contributed by atoms with van der Waals surface area (Å²) >= 11 is 0. The Balaban J connectivity index is 1.81. The van der Waals surface area contributed by atoms with E-state index in [1.807, 2.05) is 68.4 Å². The number of hydrogen-bond acceptors (Lipinski definition) is 5. The Bertz CT molecular complexity index is 1150. The quantitative estimate of drug-likeness (QED) is 0.574. The largest absolute Gasteiger partial charge is 0.490 e. The Labute approximate surface area is 183 Å². The second kappa shape index (κ2) is 8.99. The monoisotopic (exact) mass is 438 g/mol. The number of ether oxygens (including phenoxy) is 2. The van der Waals surface area contributed by atoms with Crippen LogP contribution in [0.15, 0.2) is 77.7 Å². The van der Waals surface area contributed by atoms with Crippen LogP contribution in [0.25, 0.3) is 0 Å². The smallest absolute Gasteiger partial charge is 0.247 e. The van der Waals surface area contributed by atoms with Crippen LogP contribution in [0.1, 0.15) is 31.1 Å². The molecule has 4 rings (SSSR count). The third kappa shape index (κ3) is 4.24. The normalized spacial score (nSPS) is 17.4. The van der Waals surface area contributed by atoms with Crippen molar-refractivity contribution in [3.8, 4) is 11.5 Å². The molecule has 0 amide bonds. The van der Waals surface area contributed by atoms with E-state index in [9.17, 15) is 8.42 Å². The van der Waals surface area contributed by atoms with Gasteiger partial charge in [-0.15, -0.1) is 0 Å². The lowest BCUT2D eigenvalue weighted by atomic mass is 10.1. The molecule has 1 aliphatic rings. The molecule has 0 aromatic heterocycles. The minimum atomic E-state index is -3.73. The lowest BCUT2D eigenvalue weighted by molar-refractivity contribution is 0.285. The summed E-state index contributed by atoms with van der Waals surface area (Å²) in [6.45, 7) is 5.06. The van der Waals surface area contributed by atoms with Crippen molar-refractivity contribution >= 4 is 15.7 Å². The Morgan fingerprint density at radius 2 is 1.55 bits per heavy atom. The van der Waals surface area contributed by atoms with Crippen LogP contribution in [0, 0.1) is 0 Å². The minimum absolute atomic E-state index is 0.242. The van der Waals surface area contributed by atoms with Gasteiger partial charge in [-0.2, -0.15) is 4.31 Å². The van der Waals surface area contributed by atoms with Gasteiger partial charge in [0.25, 0.3) is 0 Å². The first-order chi connectivity index (χ1) is 15.0. The second-order valence-corrected chi connectivity index (χ2v) is 9.01. The van der Waals surface area contributed by atoms with E-state index in [2.05, 4.69) is 5.32 Å². The molecule has 0 bridgehead atoms. The van der Waals surface area contributed by atoms with Crippen molar-refractivity contribution in [3.63, 3.8) is 0 Å². The fraction of sp³-hybridized carbons (Fsp3) is 0.250. The number of nitrogens with zero attached hydrogens (tertiary/aromatic N) is 1. The number of benzene rings is 3. The van der Waals surface area contributed by atoms with E-state index in [0.29, 0.717) is 30.4 Å². The van der Waals surface area contributed by atoms with E-state index in [4.69, 9.17) is 9.47 Å². The van der Waals surface area contributed by atoms with Gasteiger partial charge in [-0.3, -0.25) is 0 Å². The maximum atomic E-state index is 13.6. The van der Waals surface area contributed by atoms with Gasteiger partial charge in [-0.05, 0) is 49.2 Å². The Kier molecular flexibility index (Phi) is 6.15. The topological polar surface area (TPSA) is 67.9 Å². The molecule has 7 heteroatoms. The van der Waals surface area contributed by atoms with Crippen LogP contribution in [0.4, 0.5) is 5.69 Å². The van der Waals surface area contributed by atoms with Crippen molar-refractivity contribution in [2.24, 2.45) is 0 Å². The molecule has 0 radical (unpaired) electrons. The van der Waals surface area contributed by atoms with Crippen LogP contribution >= 0.6 is 0 Å². The van der Waals surface area contributed by atoms with Crippen LogP contribution in [0.3, 0.4) is 0 Å². The summed E-state index contributed by atoms with van der Waals surface area (Å²) in [5.74, 6) is 1.24. The van der Waals surface area contributed by atoms with Crippen LogP contribution in [-0.2, 0) is 16.6 Å². The molecule has 3 aromatic rings. The molecule has 0 fully saturated rings. The van der Waals surface area contributed by atoms with Gasteiger partial charge in [0.05, 0.1) is 18.9 Å². The van der Waals surface area contributed by atoms with Crippen LogP contribution < -0.4 is 14.8 Å². The maximum Gasteiger partial charge on any atom is 0.247 e. The summed E-state index contributed by atoms with van der Waals surface area (Å²) in [5, 5.41) is 3.41. The molecule has 6 nitrogen and oxygen atoms in total. The molecule has 0 aliphatic carbocycles. The van der Waals surface area contributed by atoms with Gasteiger partial charge in [0.2, 0.25) is 10.0 Å². The van der Waals surface area contributed by atoms with Crippen molar-refractivity contribution in [1.82, 2.24) is 4.31 Å². The van der Waals surface area contributed by atoms with Gasteiger partial charge in [0.15, 0.2) is 11.5 Å². The first-order valence-corrected chi connectivity index (χ1v) is 11.8. The second-order valence-electron chi connectivity index (χ2n) is 7.15. The van der Waals surface area contributed by atoms with Gasteiger partial charge >= 0.3 is 0 Å². The molecule has 3 aromatic carbocycles. The number of rotatable bonds is 7. The predicted octanol–water partition coefficient (Wildman–Crippen LogP) is 4.80. The Morgan fingerprint density at radius 1 is 0.871 bits per heavy atom. The molecular weight excluding hydrogens is 412 g/mol. The molecule has 0 saturated heterocycles. The molecular formula is C24H26N2O4S. The first kappa shape index (κ1) is 21.2. The molecule has 1 N–H and O–H groups in total. The number of anilines is 1. The Hall–Kier alpha value is -3.03. The summed E-state index contributed by atoms with van der Waals surface area (Å²) in [7, 11) is -3.73.